The standard InChI is InChI=1S/C16H18O3.6CO.2Co/c1-5-14-8-9-16(18-4)10-15(14)7-6-12(2)11-19-13(3)17;6*1-2;;/h1,8-10H,2,6-7,11H2,3-4H3;;;;;;;;. The average Bonchev–Trinajstić information content (AvgIpc) is 2.88. The van der Waals surface area contributed by atoms with Gasteiger partial charge in [0.05, 0.1) is 7.11 Å². The van der Waals surface area contributed by atoms with Crippen LogP contribution < -0.4 is 4.74 Å². The second kappa shape index (κ2) is 51.7. The molecule has 0 aliphatic heterocycles. The number of carbonyl (C=O) groups is 1. The number of hydrogen-bond donors (Lipinski definition) is 0. The summed E-state index contributed by atoms with van der Waals surface area (Å²) >= 11 is 0. The van der Waals surface area contributed by atoms with Gasteiger partial charge in [0.25, 0.3) is 0 Å². The number of aryl methyl sites for hydroxylation is 1. The maximum Gasteiger partial charge on any atom is 0 e. The van der Waals surface area contributed by atoms with E-state index in [9.17, 15) is 4.79 Å². The van der Waals surface area contributed by atoms with E-state index in [1.54, 1.807) is 7.11 Å². The van der Waals surface area contributed by atoms with Gasteiger partial charge in [0, 0.05) is 46.0 Å². The Kier molecular flexibility index (Phi) is 81.9. The molecule has 0 N–H and O–H groups in total. The van der Waals surface area contributed by atoms with Gasteiger partial charge in [-0.1, -0.05) is 12.5 Å². The van der Waals surface area contributed by atoms with Crippen molar-refractivity contribution in [3.63, 3.8) is 0 Å². The molecule has 0 unspecified atom stereocenters. The van der Waals surface area contributed by atoms with Crippen molar-refractivity contribution in [3.8, 4) is 18.1 Å². The minimum absolute atomic E-state index is 0. The maximum atomic E-state index is 10.7. The molecule has 0 saturated carbocycles. The first-order chi connectivity index (χ1) is 15.1. The molecule has 0 atom stereocenters. The van der Waals surface area contributed by atoms with Crippen molar-refractivity contribution in [1.29, 1.82) is 0 Å². The van der Waals surface area contributed by atoms with E-state index in [0.717, 1.165) is 35.3 Å². The van der Waals surface area contributed by atoms with Gasteiger partial charge < -0.3 is 9.47 Å². The molecule has 33 heavy (non-hydrogen) atoms. The number of hydrogen-bond acceptors (Lipinski definition) is 3. The van der Waals surface area contributed by atoms with E-state index in [-0.39, 0.29) is 46.1 Å². The van der Waals surface area contributed by atoms with Crippen LogP contribution in [0.5, 0.6) is 5.75 Å². The SMILES string of the molecule is C#Cc1ccc(OC)cc1CCC(=C)COC(C)=O.[C-]#[O+].[C-]#[O+].[C-]#[O+].[C-]#[O+].[C-]#[O+].[C-]#[O+].[Co].[Co]. The molecule has 9 nitrogen and oxygen atoms in total. The van der Waals surface area contributed by atoms with Crippen LogP contribution in [0.4, 0.5) is 0 Å². The predicted molar refractivity (Wildman–Crippen MR) is 98.6 cm³/mol. The summed E-state index contributed by atoms with van der Waals surface area (Å²) in [5.41, 5.74) is 2.74. The molecular formula is C22H18Co2O9. The van der Waals surface area contributed by atoms with E-state index in [4.69, 9.17) is 43.8 Å². The van der Waals surface area contributed by atoms with Gasteiger partial charge in [-0.3, -0.25) is 4.79 Å². The molecular weight excluding hydrogens is 526 g/mol. The van der Waals surface area contributed by atoms with Crippen LogP contribution in [0.3, 0.4) is 0 Å². The van der Waals surface area contributed by atoms with Crippen LogP contribution in [0.2, 0.25) is 0 Å². The summed E-state index contributed by atoms with van der Waals surface area (Å²) in [6.45, 7) is 32.5. The van der Waals surface area contributed by atoms with Crippen LogP contribution in [-0.4, -0.2) is 19.7 Å². The first kappa shape index (κ1) is 52.3. The first-order valence-corrected chi connectivity index (χ1v) is 7.22. The summed E-state index contributed by atoms with van der Waals surface area (Å²) in [6.07, 6.45) is 6.93. The van der Waals surface area contributed by atoms with E-state index in [2.05, 4.69) is 52.4 Å². The molecule has 178 valence electrons. The zero-order chi connectivity index (χ0) is 26.3. The van der Waals surface area contributed by atoms with Crippen molar-refractivity contribution in [1.82, 2.24) is 0 Å². The summed E-state index contributed by atoms with van der Waals surface area (Å²) < 4.78 is 55.1. The number of rotatable bonds is 6. The Balaban J connectivity index is -0.0000000646. The summed E-state index contributed by atoms with van der Waals surface area (Å²) in [6, 6.07) is 5.63. The van der Waals surface area contributed by atoms with Crippen LogP contribution in [0, 0.1) is 52.2 Å². The molecule has 0 aliphatic rings. The Labute approximate surface area is 214 Å². The Morgan fingerprint density at radius 1 is 0.970 bits per heavy atom. The van der Waals surface area contributed by atoms with Gasteiger partial charge in [-0.05, 0) is 42.2 Å². The topological polar surface area (TPSA) is 155 Å². The first-order valence-electron chi connectivity index (χ1n) is 7.22. The van der Waals surface area contributed by atoms with E-state index < -0.39 is 0 Å². The van der Waals surface area contributed by atoms with E-state index >= 15 is 0 Å². The van der Waals surface area contributed by atoms with Crippen molar-refractivity contribution >= 4 is 5.97 Å². The van der Waals surface area contributed by atoms with Crippen LogP contribution in [0.25, 0.3) is 0 Å². The maximum absolute atomic E-state index is 10.7. The van der Waals surface area contributed by atoms with Crippen LogP contribution >= 0.6 is 0 Å². The van der Waals surface area contributed by atoms with Crippen molar-refractivity contribution in [2.75, 3.05) is 13.7 Å². The third-order valence-corrected chi connectivity index (χ3v) is 2.70. The van der Waals surface area contributed by atoms with Gasteiger partial charge in [-0.15, -0.1) is 6.42 Å². The van der Waals surface area contributed by atoms with Gasteiger partial charge in [-0.25, -0.2) is 0 Å². The molecule has 11 heteroatoms. The summed E-state index contributed by atoms with van der Waals surface area (Å²) in [7, 11) is 1.62. The molecule has 0 heterocycles. The van der Waals surface area contributed by atoms with Crippen molar-refractivity contribution in [2.24, 2.45) is 0 Å². The van der Waals surface area contributed by atoms with E-state index in [1.165, 1.54) is 6.92 Å². The van der Waals surface area contributed by atoms with Gasteiger partial charge in [0.2, 0.25) is 0 Å². The molecule has 1 aromatic rings. The normalized spacial score (nSPS) is 5.85. The largest absolute Gasteiger partial charge is 0 e. The molecule has 0 fully saturated rings. The van der Waals surface area contributed by atoms with Crippen LogP contribution in [-0.2, 0) is 77.4 Å². The average molecular weight is 544 g/mol. The predicted octanol–water partition coefficient (Wildman–Crippen LogP) is 2.50. The number of carbonyl (C=O) groups excluding carboxylic acids is 1. The fourth-order valence-electron chi connectivity index (χ4n) is 1.63. The summed E-state index contributed by atoms with van der Waals surface area (Å²) in [4.78, 5) is 10.7. The van der Waals surface area contributed by atoms with Gasteiger partial charge in [0.1, 0.15) is 12.4 Å². The molecule has 0 saturated heterocycles. The minimum atomic E-state index is -0.299. The number of benzene rings is 1. The van der Waals surface area contributed by atoms with Gasteiger partial charge >= 0.3 is 73.8 Å². The van der Waals surface area contributed by atoms with Gasteiger partial charge in [-0.2, -0.15) is 0 Å². The number of methoxy groups -OCH3 is 1. The molecule has 2 radical (unpaired) electrons. The fraction of sp³-hybridized carbons (Fsp3) is 0.227. The molecule has 0 bridgehead atoms. The second-order valence-electron chi connectivity index (χ2n) is 4.20. The number of esters is 1. The number of ether oxygens (including phenoxy) is 2. The Bertz CT molecular complexity index is 722. The minimum Gasteiger partial charge on any atom is 0 e. The molecule has 0 aromatic heterocycles. The van der Waals surface area contributed by atoms with Crippen molar-refractivity contribution < 1.29 is 75.7 Å². The van der Waals surface area contributed by atoms with E-state index in [1.807, 2.05) is 18.2 Å². The van der Waals surface area contributed by atoms with Crippen LogP contribution in [0.1, 0.15) is 24.5 Å². The number of terminal acetylenes is 1. The molecule has 1 aromatic carbocycles. The van der Waals surface area contributed by atoms with Crippen molar-refractivity contribution in [3.05, 3.63) is 81.4 Å². The summed E-state index contributed by atoms with van der Waals surface area (Å²) in [5.74, 6) is 3.13. The van der Waals surface area contributed by atoms with Crippen LogP contribution in [0.15, 0.2) is 30.4 Å². The Hall–Kier alpha value is -2.76. The second-order valence-corrected chi connectivity index (χ2v) is 4.20. The van der Waals surface area contributed by atoms with Gasteiger partial charge in [0.15, 0.2) is 0 Å². The fourth-order valence-corrected chi connectivity index (χ4v) is 1.63. The zero-order valence-electron chi connectivity index (χ0n) is 17.5. The van der Waals surface area contributed by atoms with E-state index in [0.29, 0.717) is 0 Å². The Morgan fingerprint density at radius 2 is 1.39 bits per heavy atom. The van der Waals surface area contributed by atoms with Crippen molar-refractivity contribution in [2.45, 2.75) is 19.8 Å². The molecule has 0 amide bonds. The molecule has 0 spiro atoms. The monoisotopic (exact) mass is 544 g/mol. The smallest absolute Gasteiger partial charge is 0 e. The molecule has 1 rings (SSSR count). The third kappa shape index (κ3) is 36.9. The Morgan fingerprint density at radius 3 is 1.73 bits per heavy atom. The zero-order valence-corrected chi connectivity index (χ0v) is 19.6. The molecule has 0 aliphatic carbocycles. The quantitative estimate of drug-likeness (QED) is 0.178. The summed E-state index contributed by atoms with van der Waals surface area (Å²) in [5, 5.41) is 0. The third-order valence-electron chi connectivity index (χ3n) is 2.70.